The highest BCUT2D eigenvalue weighted by atomic mass is 32.2. The van der Waals surface area contributed by atoms with Crippen molar-refractivity contribution in [3.63, 3.8) is 0 Å². The fourth-order valence-corrected chi connectivity index (χ4v) is 8.20. The first-order valence-corrected chi connectivity index (χ1v) is 15.7. The van der Waals surface area contributed by atoms with Gasteiger partial charge in [0, 0.05) is 35.2 Å². The van der Waals surface area contributed by atoms with Crippen molar-refractivity contribution in [2.45, 2.75) is 53.8 Å². The Kier molecular flexibility index (Phi) is 7.43. The topological polar surface area (TPSA) is 84.3 Å². The average Bonchev–Trinajstić information content (AvgIpc) is 3.23. The van der Waals surface area contributed by atoms with Gasteiger partial charge in [0.2, 0.25) is 0 Å². The molecule has 0 aromatic heterocycles. The summed E-state index contributed by atoms with van der Waals surface area (Å²) in [6, 6.07) is 33.2. The fourth-order valence-electron chi connectivity index (χ4n) is 7.16. The van der Waals surface area contributed by atoms with Crippen LogP contribution in [0.5, 0.6) is 0 Å². The summed E-state index contributed by atoms with van der Waals surface area (Å²) in [6.45, 7) is 0.216. The molecule has 0 aliphatic carbocycles. The highest BCUT2D eigenvalue weighted by Gasteiger charge is 2.55. The normalized spacial score (nSPS) is 22.0. The van der Waals surface area contributed by atoms with E-state index in [2.05, 4.69) is 0 Å². The van der Waals surface area contributed by atoms with Crippen LogP contribution in [0.4, 0.5) is 16.2 Å². The number of carbonyl (C=O) groups excluding carboxylic acids is 1. The molecule has 4 atom stereocenters. The Morgan fingerprint density at radius 1 is 0.767 bits per heavy atom. The number of carboxylic acids is 1. The van der Waals surface area contributed by atoms with Crippen molar-refractivity contribution in [1.82, 2.24) is 9.80 Å². The van der Waals surface area contributed by atoms with Crippen LogP contribution in [-0.2, 0) is 10.5 Å². The molecule has 8 heteroatoms. The number of aliphatic hydroxyl groups excluding tert-OH is 1. The van der Waals surface area contributed by atoms with E-state index in [1.807, 2.05) is 114 Å². The molecule has 3 heterocycles. The Balaban J connectivity index is 1.26. The van der Waals surface area contributed by atoms with Gasteiger partial charge in [-0.2, -0.15) is 0 Å². The van der Waals surface area contributed by atoms with E-state index < -0.39 is 24.3 Å². The highest BCUT2D eigenvalue weighted by Crippen LogP contribution is 2.45. The minimum Gasteiger partial charge on any atom is -0.480 e. The molecule has 0 radical (unpaired) electrons. The molecule has 218 valence electrons. The van der Waals surface area contributed by atoms with Gasteiger partial charge in [-0.05, 0) is 47.7 Å². The van der Waals surface area contributed by atoms with Crippen LogP contribution in [0.25, 0.3) is 0 Å². The number of aliphatic hydroxyl groups is 1. The lowest BCUT2D eigenvalue weighted by molar-refractivity contribution is -0.152. The number of hydrogen-bond acceptors (Lipinski definition) is 5. The lowest BCUT2D eigenvalue weighted by Crippen LogP contribution is -2.67. The van der Waals surface area contributed by atoms with Gasteiger partial charge in [-0.1, -0.05) is 91.0 Å². The molecule has 43 heavy (non-hydrogen) atoms. The van der Waals surface area contributed by atoms with Crippen LogP contribution in [-0.4, -0.2) is 62.9 Å². The summed E-state index contributed by atoms with van der Waals surface area (Å²) in [5.74, 6) is -0.716. The van der Waals surface area contributed by atoms with E-state index in [-0.39, 0.29) is 24.5 Å². The van der Waals surface area contributed by atoms with Crippen molar-refractivity contribution in [2.75, 3.05) is 11.4 Å². The van der Waals surface area contributed by atoms with Gasteiger partial charge in [-0.3, -0.25) is 9.80 Å². The largest absolute Gasteiger partial charge is 0.480 e. The molecule has 2 saturated heterocycles. The number of carboxylic acid groups (broad SMARTS) is 1. The first kappa shape index (κ1) is 27.7. The number of para-hydroxylation sites is 2. The van der Waals surface area contributed by atoms with Gasteiger partial charge in [-0.25, -0.2) is 9.59 Å². The van der Waals surface area contributed by atoms with Crippen LogP contribution in [0.3, 0.4) is 0 Å². The Hall–Kier alpha value is -4.11. The Bertz CT molecular complexity index is 1550. The van der Waals surface area contributed by atoms with Crippen molar-refractivity contribution in [3.05, 3.63) is 126 Å². The molecule has 3 aliphatic rings. The van der Waals surface area contributed by atoms with E-state index in [0.717, 1.165) is 33.0 Å². The van der Waals surface area contributed by atoms with Crippen molar-refractivity contribution in [3.8, 4) is 0 Å². The zero-order valence-electron chi connectivity index (χ0n) is 23.6. The number of fused-ring (bicyclic) bond motifs is 4. The second-order valence-corrected chi connectivity index (χ2v) is 12.4. The lowest BCUT2D eigenvalue weighted by Gasteiger charge is -2.49. The van der Waals surface area contributed by atoms with Gasteiger partial charge in [0.05, 0.1) is 11.4 Å². The minimum absolute atomic E-state index is 0.179. The number of hydrogen-bond donors (Lipinski definition) is 2. The monoisotopic (exact) mass is 591 g/mol. The van der Waals surface area contributed by atoms with E-state index in [9.17, 15) is 19.8 Å². The molecule has 2 fully saturated rings. The van der Waals surface area contributed by atoms with Crippen molar-refractivity contribution < 1.29 is 19.8 Å². The molecule has 0 saturated carbocycles. The summed E-state index contributed by atoms with van der Waals surface area (Å²) in [5, 5.41) is 22.8. The molecular weight excluding hydrogens is 558 g/mol. The lowest BCUT2D eigenvalue weighted by atomic mass is 9.87. The molecule has 4 aromatic rings. The van der Waals surface area contributed by atoms with E-state index >= 15 is 0 Å². The number of carbonyl (C=O) groups is 2. The Labute approximate surface area is 255 Å². The molecule has 3 aliphatic heterocycles. The van der Waals surface area contributed by atoms with Crippen molar-refractivity contribution >= 4 is 35.1 Å². The minimum atomic E-state index is -1.11. The molecule has 1 unspecified atom stereocenters. The van der Waals surface area contributed by atoms with Crippen LogP contribution >= 0.6 is 11.8 Å². The maximum Gasteiger partial charge on any atom is 0.330 e. The SMILES string of the molecule is O=C(O)[C@@H]1[C@H]2CC[C@@H](CN1C(=O)N1c3ccccc3CSc3ccccc31)N2C(O)C(c1ccccc1)c1ccccc1. The second kappa shape index (κ2) is 11.5. The van der Waals surface area contributed by atoms with E-state index in [4.69, 9.17) is 0 Å². The quantitative estimate of drug-likeness (QED) is 0.283. The zero-order valence-corrected chi connectivity index (χ0v) is 24.4. The van der Waals surface area contributed by atoms with Gasteiger partial charge < -0.3 is 15.1 Å². The standard InChI is InChI=1S/C35H33N3O4S/c39-33(31(23-11-3-1-4-12-23)24-13-5-2-6-14-24)37-26-19-20-29(37)32(34(40)41)36(21-26)35(42)38-27-16-8-7-15-25(27)22-43-30-18-10-9-17-28(30)38/h1-18,26,29,31-33,39H,19-22H2,(H,40,41)/t26-,29+,32-,33?/m0/s1. The molecular formula is C35H33N3O4S. The third-order valence-electron chi connectivity index (χ3n) is 9.04. The molecule has 2 N–H and O–H groups in total. The van der Waals surface area contributed by atoms with Crippen LogP contribution in [0.2, 0.25) is 0 Å². The van der Waals surface area contributed by atoms with Gasteiger partial charge in [-0.15, -0.1) is 11.8 Å². The zero-order chi connectivity index (χ0) is 29.5. The molecule has 0 spiro atoms. The summed E-state index contributed by atoms with van der Waals surface area (Å²) in [5.41, 5.74) is 4.48. The first-order valence-electron chi connectivity index (χ1n) is 14.7. The van der Waals surface area contributed by atoms with Gasteiger partial charge in [0.1, 0.15) is 12.3 Å². The van der Waals surface area contributed by atoms with Crippen LogP contribution in [0.1, 0.15) is 35.4 Å². The summed E-state index contributed by atoms with van der Waals surface area (Å²) in [6.07, 6.45) is 0.327. The number of piperazine rings is 1. The third-order valence-corrected chi connectivity index (χ3v) is 10.2. The van der Waals surface area contributed by atoms with Crippen LogP contribution in [0, 0.1) is 0 Å². The highest BCUT2D eigenvalue weighted by molar-refractivity contribution is 7.98. The van der Waals surface area contributed by atoms with E-state index in [0.29, 0.717) is 18.6 Å². The van der Waals surface area contributed by atoms with Crippen molar-refractivity contribution in [2.24, 2.45) is 0 Å². The smallest absolute Gasteiger partial charge is 0.330 e. The number of rotatable bonds is 5. The maximum atomic E-state index is 14.6. The van der Waals surface area contributed by atoms with E-state index in [1.54, 1.807) is 16.7 Å². The summed E-state index contributed by atoms with van der Waals surface area (Å²) >= 11 is 1.67. The van der Waals surface area contributed by atoms with E-state index in [1.165, 1.54) is 4.90 Å². The number of likely N-dealkylation sites (tertiary alicyclic amines) is 1. The predicted octanol–water partition coefficient (Wildman–Crippen LogP) is 6.30. The number of anilines is 2. The third kappa shape index (κ3) is 4.89. The van der Waals surface area contributed by atoms with Crippen molar-refractivity contribution in [1.29, 1.82) is 0 Å². The summed E-state index contributed by atoms with van der Waals surface area (Å²) in [7, 11) is 0. The molecule has 7 nitrogen and oxygen atoms in total. The predicted molar refractivity (Wildman–Crippen MR) is 167 cm³/mol. The number of benzene rings is 4. The summed E-state index contributed by atoms with van der Waals surface area (Å²) < 4.78 is 0. The number of aliphatic carboxylic acids is 1. The number of urea groups is 1. The average molecular weight is 592 g/mol. The molecule has 4 aromatic carbocycles. The Morgan fingerprint density at radius 2 is 1.37 bits per heavy atom. The number of amides is 2. The van der Waals surface area contributed by atoms with Gasteiger partial charge in [0.25, 0.3) is 0 Å². The molecule has 2 bridgehead atoms. The number of thioether (sulfide) groups is 1. The van der Waals surface area contributed by atoms with Crippen LogP contribution in [0.15, 0.2) is 114 Å². The molecule has 7 rings (SSSR count). The van der Waals surface area contributed by atoms with Crippen LogP contribution < -0.4 is 4.90 Å². The maximum absolute atomic E-state index is 14.6. The number of nitrogens with zero attached hydrogens (tertiary/aromatic N) is 3. The Morgan fingerprint density at radius 3 is 2.05 bits per heavy atom. The second-order valence-electron chi connectivity index (χ2n) is 11.4. The molecule has 2 amide bonds. The first-order chi connectivity index (χ1) is 21.0. The summed E-state index contributed by atoms with van der Waals surface area (Å²) in [4.78, 5) is 33.9. The van der Waals surface area contributed by atoms with Gasteiger partial charge >= 0.3 is 12.0 Å². The fraction of sp³-hybridized carbons (Fsp3) is 0.257. The van der Waals surface area contributed by atoms with Gasteiger partial charge in [0.15, 0.2) is 0 Å².